The van der Waals surface area contributed by atoms with Crippen LogP contribution in [0, 0.1) is 0 Å². The Hall–Kier alpha value is -1.01. The highest BCUT2D eigenvalue weighted by atomic mass is 35.7. The van der Waals surface area contributed by atoms with Gasteiger partial charge in [0, 0.05) is 22.9 Å². The fourth-order valence-electron chi connectivity index (χ4n) is 2.50. The lowest BCUT2D eigenvalue weighted by molar-refractivity contribution is 0.0490. The van der Waals surface area contributed by atoms with Crippen molar-refractivity contribution in [1.82, 2.24) is 4.57 Å². The molecule has 0 aliphatic heterocycles. The molecule has 1 heterocycles. The Kier molecular flexibility index (Phi) is 4.75. The molecule has 0 bridgehead atoms. The van der Waals surface area contributed by atoms with Gasteiger partial charge in [-0.2, -0.15) is 0 Å². The number of carbonyl (C=O) groups excluding carboxylic acids is 1. The number of aromatic nitrogens is 1. The van der Waals surface area contributed by atoms with Gasteiger partial charge in [0.05, 0.1) is 6.61 Å². The molecular weight excluding hydrogens is 302 g/mol. The predicted octanol–water partition coefficient (Wildman–Crippen LogP) is 3.10. The molecule has 1 aromatic rings. The van der Waals surface area contributed by atoms with Crippen LogP contribution < -0.4 is 0 Å². The summed E-state index contributed by atoms with van der Waals surface area (Å²) in [5.74, 6) is -0.495. The van der Waals surface area contributed by atoms with Crippen LogP contribution in [0.1, 0.15) is 55.6 Å². The number of esters is 1. The monoisotopic (exact) mass is 319 g/mol. The molecule has 0 radical (unpaired) electrons. The van der Waals surface area contributed by atoms with Crippen LogP contribution >= 0.6 is 10.7 Å². The van der Waals surface area contributed by atoms with E-state index < -0.39 is 15.0 Å². The van der Waals surface area contributed by atoms with Gasteiger partial charge in [0.2, 0.25) is 0 Å². The minimum absolute atomic E-state index is 0.0467. The lowest BCUT2D eigenvalue weighted by Crippen LogP contribution is -2.15. The van der Waals surface area contributed by atoms with E-state index >= 15 is 0 Å². The number of nitrogens with zero attached hydrogens (tertiary/aromatic N) is 1. The molecule has 0 spiro atoms. The first-order chi connectivity index (χ1) is 9.43. The second-order valence-corrected chi connectivity index (χ2v) is 7.55. The molecule has 0 unspecified atom stereocenters. The van der Waals surface area contributed by atoms with Crippen LogP contribution in [-0.4, -0.2) is 25.6 Å². The first-order valence-electron chi connectivity index (χ1n) is 6.77. The maximum atomic E-state index is 12.0. The molecule has 1 fully saturated rings. The third-order valence-electron chi connectivity index (χ3n) is 3.47. The van der Waals surface area contributed by atoms with Crippen molar-refractivity contribution in [3.05, 3.63) is 18.0 Å². The van der Waals surface area contributed by atoms with Crippen LogP contribution in [0.3, 0.4) is 0 Å². The summed E-state index contributed by atoms with van der Waals surface area (Å²) in [4.78, 5) is 12.0. The van der Waals surface area contributed by atoms with Gasteiger partial charge >= 0.3 is 5.97 Å². The van der Waals surface area contributed by atoms with Gasteiger partial charge in [-0.1, -0.05) is 19.8 Å². The minimum atomic E-state index is -3.84. The van der Waals surface area contributed by atoms with Crippen LogP contribution in [0.25, 0.3) is 0 Å². The van der Waals surface area contributed by atoms with E-state index in [-0.39, 0.29) is 16.6 Å². The number of carbonyl (C=O) groups is 1. The van der Waals surface area contributed by atoms with Crippen LogP contribution in [0.5, 0.6) is 0 Å². The summed E-state index contributed by atoms with van der Waals surface area (Å²) < 4.78 is 29.7. The van der Waals surface area contributed by atoms with Gasteiger partial charge in [-0.05, 0) is 25.3 Å². The number of hydrogen-bond donors (Lipinski definition) is 0. The van der Waals surface area contributed by atoms with Crippen LogP contribution in [-0.2, 0) is 13.8 Å². The third-order valence-corrected chi connectivity index (χ3v) is 4.79. The highest BCUT2D eigenvalue weighted by Crippen LogP contribution is 2.33. The predicted molar refractivity (Wildman–Crippen MR) is 75.5 cm³/mol. The number of halogens is 1. The van der Waals surface area contributed by atoms with Gasteiger partial charge in [-0.3, -0.25) is 0 Å². The van der Waals surface area contributed by atoms with Crippen molar-refractivity contribution >= 4 is 25.7 Å². The molecule has 1 aliphatic rings. The normalized spacial score (nSPS) is 16.5. The summed E-state index contributed by atoms with van der Waals surface area (Å²) in [6, 6.07) is 1.45. The second kappa shape index (κ2) is 6.18. The van der Waals surface area contributed by atoms with Crippen molar-refractivity contribution < 1.29 is 17.9 Å². The Morgan fingerprint density at radius 2 is 2.10 bits per heavy atom. The van der Waals surface area contributed by atoms with Gasteiger partial charge in [0.15, 0.2) is 0 Å². The van der Waals surface area contributed by atoms with Crippen LogP contribution in [0.4, 0.5) is 0 Å². The molecule has 5 nitrogen and oxygen atoms in total. The molecule has 0 saturated heterocycles. The maximum Gasteiger partial charge on any atom is 0.354 e. The first-order valence-corrected chi connectivity index (χ1v) is 9.08. The second-order valence-electron chi connectivity index (χ2n) is 4.98. The zero-order chi connectivity index (χ0) is 14.8. The van der Waals surface area contributed by atoms with E-state index in [1.165, 1.54) is 12.3 Å². The van der Waals surface area contributed by atoms with Gasteiger partial charge in [-0.15, -0.1) is 0 Å². The van der Waals surface area contributed by atoms with Crippen molar-refractivity contribution in [3.63, 3.8) is 0 Å². The van der Waals surface area contributed by atoms with E-state index in [0.717, 1.165) is 32.1 Å². The molecule has 1 aromatic heterocycles. The summed E-state index contributed by atoms with van der Waals surface area (Å²) >= 11 is 0. The molecule has 1 aliphatic carbocycles. The molecule has 2 rings (SSSR count). The minimum Gasteiger partial charge on any atom is -0.461 e. The van der Waals surface area contributed by atoms with Crippen molar-refractivity contribution in [2.75, 3.05) is 6.61 Å². The average molecular weight is 320 g/mol. The Morgan fingerprint density at radius 1 is 1.45 bits per heavy atom. The van der Waals surface area contributed by atoms with Gasteiger partial charge in [0.1, 0.15) is 10.6 Å². The summed E-state index contributed by atoms with van der Waals surface area (Å²) in [7, 11) is 1.52. The highest BCUT2D eigenvalue weighted by Gasteiger charge is 2.26. The molecule has 112 valence electrons. The number of hydrogen-bond acceptors (Lipinski definition) is 4. The fourth-order valence-corrected chi connectivity index (χ4v) is 3.25. The van der Waals surface area contributed by atoms with E-state index in [2.05, 4.69) is 0 Å². The lowest BCUT2D eigenvalue weighted by Gasteiger charge is -2.15. The summed E-state index contributed by atoms with van der Waals surface area (Å²) in [6.45, 7) is 2.22. The van der Waals surface area contributed by atoms with Crippen LogP contribution in [0.2, 0.25) is 0 Å². The number of ether oxygens (including phenoxy) is 1. The zero-order valence-electron chi connectivity index (χ0n) is 11.3. The van der Waals surface area contributed by atoms with Gasteiger partial charge in [-0.25, -0.2) is 13.2 Å². The molecule has 0 aromatic carbocycles. The summed E-state index contributed by atoms with van der Waals surface area (Å²) in [5.41, 5.74) is 0.268. The largest absolute Gasteiger partial charge is 0.461 e. The highest BCUT2D eigenvalue weighted by molar-refractivity contribution is 8.13. The van der Waals surface area contributed by atoms with E-state index in [0.29, 0.717) is 6.61 Å². The summed E-state index contributed by atoms with van der Waals surface area (Å²) in [5, 5.41) is 0. The Labute approximate surface area is 123 Å². The van der Waals surface area contributed by atoms with Gasteiger partial charge in [0.25, 0.3) is 9.05 Å². The lowest BCUT2D eigenvalue weighted by atomic mass is 10.2. The third kappa shape index (κ3) is 3.35. The quantitative estimate of drug-likeness (QED) is 0.618. The van der Waals surface area contributed by atoms with Crippen LogP contribution in [0.15, 0.2) is 17.2 Å². The van der Waals surface area contributed by atoms with Crippen molar-refractivity contribution in [2.24, 2.45) is 0 Å². The van der Waals surface area contributed by atoms with E-state index in [9.17, 15) is 13.2 Å². The molecule has 0 amide bonds. The first kappa shape index (κ1) is 15.4. The van der Waals surface area contributed by atoms with E-state index in [1.54, 1.807) is 4.57 Å². The Morgan fingerprint density at radius 3 is 2.65 bits per heavy atom. The Balaban J connectivity index is 2.36. The van der Waals surface area contributed by atoms with Crippen molar-refractivity contribution in [2.45, 2.75) is 50.0 Å². The standard InChI is InChI=1S/C13H18ClNO4S/c1-2-7-19-13(16)12-8-11(20(14,17)18)9-15(12)10-5-3-4-6-10/h8-10H,2-7H2,1H3. The van der Waals surface area contributed by atoms with E-state index in [4.69, 9.17) is 15.4 Å². The average Bonchev–Trinajstić information content (AvgIpc) is 3.02. The van der Waals surface area contributed by atoms with Crippen molar-refractivity contribution in [3.8, 4) is 0 Å². The smallest absolute Gasteiger partial charge is 0.354 e. The number of rotatable bonds is 5. The molecule has 0 N–H and O–H groups in total. The SMILES string of the molecule is CCCOC(=O)c1cc(S(=O)(=O)Cl)cn1C1CCCC1. The molecule has 1 saturated carbocycles. The fraction of sp³-hybridized carbons (Fsp3) is 0.615. The van der Waals surface area contributed by atoms with E-state index in [1.807, 2.05) is 6.92 Å². The van der Waals surface area contributed by atoms with Gasteiger partial charge < -0.3 is 9.30 Å². The molecule has 20 heavy (non-hydrogen) atoms. The maximum absolute atomic E-state index is 12.0. The Bertz CT molecular complexity index is 588. The summed E-state index contributed by atoms with van der Waals surface area (Å²) in [6.07, 6.45) is 6.19. The van der Waals surface area contributed by atoms with Crippen molar-refractivity contribution in [1.29, 1.82) is 0 Å². The molecule has 0 atom stereocenters. The molecule has 7 heteroatoms. The topological polar surface area (TPSA) is 65.4 Å². The zero-order valence-corrected chi connectivity index (χ0v) is 12.9. The molecular formula is C13H18ClNO4S.